The summed E-state index contributed by atoms with van der Waals surface area (Å²) in [6.45, 7) is 2.21. The van der Waals surface area contributed by atoms with Crippen molar-refractivity contribution in [2.24, 2.45) is 0 Å². The molecule has 0 amide bonds. The molecule has 3 heteroatoms. The van der Waals surface area contributed by atoms with Gasteiger partial charge in [-0.05, 0) is 18.9 Å². The first-order chi connectivity index (χ1) is 8.22. The second-order valence-electron chi connectivity index (χ2n) is 4.75. The van der Waals surface area contributed by atoms with Gasteiger partial charge in [0, 0.05) is 6.42 Å². The quantitative estimate of drug-likeness (QED) is 0.423. The maximum atomic E-state index is 11.1. The van der Waals surface area contributed by atoms with Crippen molar-refractivity contribution in [1.82, 2.24) is 0 Å². The lowest BCUT2D eigenvalue weighted by molar-refractivity contribution is -0.156. The largest absolute Gasteiger partial charge is 0.458 e. The van der Waals surface area contributed by atoms with E-state index in [9.17, 15) is 9.90 Å². The summed E-state index contributed by atoms with van der Waals surface area (Å²) in [7, 11) is 0. The van der Waals surface area contributed by atoms with Gasteiger partial charge in [-0.25, -0.2) is 0 Å². The summed E-state index contributed by atoms with van der Waals surface area (Å²) >= 11 is 0. The normalized spacial score (nSPS) is 25.2. The number of esters is 1. The highest BCUT2D eigenvalue weighted by Crippen LogP contribution is 2.16. The highest BCUT2D eigenvalue weighted by atomic mass is 16.5. The average Bonchev–Trinajstić information content (AvgIpc) is 2.26. The summed E-state index contributed by atoms with van der Waals surface area (Å²) in [5, 5.41) is 9.42. The summed E-state index contributed by atoms with van der Waals surface area (Å²) in [6, 6.07) is 0. The van der Waals surface area contributed by atoms with Gasteiger partial charge in [0.1, 0.15) is 6.10 Å². The molecule has 3 nitrogen and oxygen atoms in total. The molecule has 0 aromatic rings. The lowest BCUT2D eigenvalue weighted by atomic mass is 10.0. The molecule has 1 heterocycles. The number of allylic oxidation sites excluding steroid dienone is 1. The van der Waals surface area contributed by atoms with Crippen molar-refractivity contribution in [1.29, 1.82) is 0 Å². The number of aliphatic hydroxyl groups excluding tert-OH is 1. The first kappa shape index (κ1) is 14.2. The number of carbonyl (C=O) groups is 1. The number of hydrogen-bond acceptors (Lipinski definition) is 3. The van der Waals surface area contributed by atoms with Crippen LogP contribution in [-0.4, -0.2) is 23.3 Å². The van der Waals surface area contributed by atoms with Crippen LogP contribution in [0, 0.1) is 0 Å². The van der Waals surface area contributed by atoms with Crippen LogP contribution in [0.1, 0.15) is 58.3 Å². The van der Waals surface area contributed by atoms with Crippen LogP contribution in [-0.2, 0) is 9.53 Å². The van der Waals surface area contributed by atoms with E-state index >= 15 is 0 Å². The van der Waals surface area contributed by atoms with Crippen LogP contribution in [0.25, 0.3) is 0 Å². The molecule has 0 radical (unpaired) electrons. The van der Waals surface area contributed by atoms with E-state index in [0.29, 0.717) is 6.42 Å². The number of carbonyl (C=O) groups excluding carboxylic acids is 1. The lowest BCUT2D eigenvalue weighted by Crippen LogP contribution is -2.31. The van der Waals surface area contributed by atoms with Crippen molar-refractivity contribution < 1.29 is 14.6 Å². The second kappa shape index (κ2) is 8.29. The number of unbranched alkanes of at least 4 members (excludes halogenated alkanes) is 5. The minimum Gasteiger partial charge on any atom is -0.458 e. The Hall–Kier alpha value is -0.830. The molecule has 98 valence electrons. The first-order valence-electron chi connectivity index (χ1n) is 6.76. The summed E-state index contributed by atoms with van der Waals surface area (Å²) in [6.07, 6.45) is 11.3. The van der Waals surface area contributed by atoms with E-state index in [1.165, 1.54) is 32.1 Å². The smallest absolute Gasteiger partial charge is 0.309 e. The van der Waals surface area contributed by atoms with Gasteiger partial charge < -0.3 is 9.84 Å². The average molecular weight is 240 g/mol. The Morgan fingerprint density at radius 2 is 2.12 bits per heavy atom. The number of rotatable bonds is 7. The van der Waals surface area contributed by atoms with Crippen LogP contribution < -0.4 is 0 Å². The third-order valence-electron chi connectivity index (χ3n) is 3.01. The molecular formula is C14H24O3. The molecule has 0 aliphatic carbocycles. The standard InChI is InChI=1S/C14H24O3/c1-2-3-4-5-6-7-8-9-13-10-12(15)11-14(16)17-13/h8-9,12-13,15H,2-7,10-11H2,1H3/b9-8+/t12-,13-/m1/s1. The van der Waals surface area contributed by atoms with E-state index in [1.807, 2.05) is 6.08 Å². The Bertz CT molecular complexity index is 248. The Kier molecular flexibility index (Phi) is 6.94. The summed E-state index contributed by atoms with van der Waals surface area (Å²) in [4.78, 5) is 11.1. The zero-order chi connectivity index (χ0) is 12.5. The third kappa shape index (κ3) is 6.47. The maximum absolute atomic E-state index is 11.1. The Balaban J connectivity index is 2.09. The van der Waals surface area contributed by atoms with E-state index in [0.717, 1.165) is 6.42 Å². The molecule has 1 aliphatic heterocycles. The molecule has 0 unspecified atom stereocenters. The van der Waals surface area contributed by atoms with Gasteiger partial charge in [0.25, 0.3) is 0 Å². The fraction of sp³-hybridized carbons (Fsp3) is 0.786. The lowest BCUT2D eigenvalue weighted by Gasteiger charge is -2.23. The molecule has 0 saturated carbocycles. The monoisotopic (exact) mass is 240 g/mol. The van der Waals surface area contributed by atoms with E-state index in [-0.39, 0.29) is 18.5 Å². The predicted molar refractivity (Wildman–Crippen MR) is 67.6 cm³/mol. The van der Waals surface area contributed by atoms with Gasteiger partial charge in [0.2, 0.25) is 0 Å². The molecule has 2 atom stereocenters. The van der Waals surface area contributed by atoms with Gasteiger partial charge in [0.15, 0.2) is 0 Å². The minimum absolute atomic E-state index is 0.140. The van der Waals surface area contributed by atoms with Crippen LogP contribution in [0.3, 0.4) is 0 Å². The van der Waals surface area contributed by atoms with Crippen molar-refractivity contribution in [3.8, 4) is 0 Å². The van der Waals surface area contributed by atoms with Crippen molar-refractivity contribution in [2.45, 2.75) is 70.5 Å². The molecule has 1 rings (SSSR count). The van der Waals surface area contributed by atoms with Gasteiger partial charge in [-0.2, -0.15) is 0 Å². The molecule has 0 aromatic heterocycles. The van der Waals surface area contributed by atoms with E-state index < -0.39 is 6.10 Å². The van der Waals surface area contributed by atoms with Gasteiger partial charge in [0.05, 0.1) is 12.5 Å². The topological polar surface area (TPSA) is 46.5 Å². The fourth-order valence-electron chi connectivity index (χ4n) is 2.04. The van der Waals surface area contributed by atoms with Crippen molar-refractivity contribution in [3.05, 3.63) is 12.2 Å². The molecular weight excluding hydrogens is 216 g/mol. The molecule has 1 N–H and O–H groups in total. The van der Waals surface area contributed by atoms with E-state index in [1.54, 1.807) is 0 Å². The third-order valence-corrected chi connectivity index (χ3v) is 3.01. The Morgan fingerprint density at radius 3 is 2.82 bits per heavy atom. The highest BCUT2D eigenvalue weighted by Gasteiger charge is 2.24. The molecule has 1 saturated heterocycles. The van der Waals surface area contributed by atoms with Crippen molar-refractivity contribution in [3.63, 3.8) is 0 Å². The Morgan fingerprint density at radius 1 is 1.35 bits per heavy atom. The number of aliphatic hydroxyl groups is 1. The van der Waals surface area contributed by atoms with Crippen molar-refractivity contribution in [2.75, 3.05) is 0 Å². The fourth-order valence-corrected chi connectivity index (χ4v) is 2.04. The Labute approximate surface area is 104 Å². The summed E-state index contributed by atoms with van der Waals surface area (Å²) in [5.41, 5.74) is 0. The molecule has 1 fully saturated rings. The van der Waals surface area contributed by atoms with E-state index in [4.69, 9.17) is 4.74 Å². The molecule has 1 aliphatic rings. The first-order valence-corrected chi connectivity index (χ1v) is 6.76. The predicted octanol–water partition coefficient (Wildman–Crippen LogP) is 2.97. The SMILES string of the molecule is CCCCCCC/C=C/[C@@H]1C[C@@H](O)CC(=O)O1. The van der Waals surface area contributed by atoms with Gasteiger partial charge in [-0.15, -0.1) is 0 Å². The molecule has 17 heavy (non-hydrogen) atoms. The van der Waals surface area contributed by atoms with Crippen LogP contribution in [0.15, 0.2) is 12.2 Å². The number of cyclic esters (lactones) is 1. The number of ether oxygens (including phenoxy) is 1. The van der Waals surface area contributed by atoms with Crippen LogP contribution in [0.5, 0.6) is 0 Å². The highest BCUT2D eigenvalue weighted by molar-refractivity contribution is 5.71. The molecule has 0 bridgehead atoms. The van der Waals surface area contributed by atoms with E-state index in [2.05, 4.69) is 13.0 Å². The van der Waals surface area contributed by atoms with Crippen LogP contribution >= 0.6 is 0 Å². The number of hydrogen-bond donors (Lipinski definition) is 1. The minimum atomic E-state index is -0.532. The van der Waals surface area contributed by atoms with Crippen LogP contribution in [0.2, 0.25) is 0 Å². The van der Waals surface area contributed by atoms with Gasteiger partial charge >= 0.3 is 5.97 Å². The van der Waals surface area contributed by atoms with Crippen LogP contribution in [0.4, 0.5) is 0 Å². The van der Waals surface area contributed by atoms with Gasteiger partial charge in [-0.1, -0.05) is 38.7 Å². The van der Waals surface area contributed by atoms with Crippen molar-refractivity contribution >= 4 is 5.97 Å². The molecule has 0 spiro atoms. The molecule has 0 aromatic carbocycles. The summed E-state index contributed by atoms with van der Waals surface area (Å²) in [5.74, 6) is -0.290. The maximum Gasteiger partial charge on any atom is 0.309 e. The zero-order valence-electron chi connectivity index (χ0n) is 10.7. The summed E-state index contributed by atoms with van der Waals surface area (Å²) < 4.78 is 5.12. The zero-order valence-corrected chi connectivity index (χ0v) is 10.7. The second-order valence-corrected chi connectivity index (χ2v) is 4.75. The van der Waals surface area contributed by atoms with Gasteiger partial charge in [-0.3, -0.25) is 4.79 Å².